The van der Waals surface area contributed by atoms with E-state index in [-0.39, 0.29) is 17.9 Å². The van der Waals surface area contributed by atoms with Gasteiger partial charge in [-0.1, -0.05) is 6.92 Å². The van der Waals surface area contributed by atoms with Gasteiger partial charge < -0.3 is 9.52 Å². The fourth-order valence-corrected chi connectivity index (χ4v) is 2.37. The third-order valence-electron chi connectivity index (χ3n) is 3.53. The summed E-state index contributed by atoms with van der Waals surface area (Å²) in [5.41, 5.74) is 1.11. The molecule has 0 saturated carbocycles. The molecule has 1 saturated heterocycles. The van der Waals surface area contributed by atoms with Crippen molar-refractivity contribution in [3.8, 4) is 0 Å². The second-order valence-electron chi connectivity index (χ2n) is 4.61. The predicted octanol–water partition coefficient (Wildman–Crippen LogP) is 1.99. The van der Waals surface area contributed by atoms with Crippen LogP contribution in [0, 0.1) is 11.8 Å². The number of rotatable bonds is 3. The predicted molar refractivity (Wildman–Crippen MR) is 59.0 cm³/mol. The number of likely N-dealkylation sites (tertiary alicyclic amines) is 1. The summed E-state index contributed by atoms with van der Waals surface area (Å²) in [7, 11) is 0. The zero-order valence-electron chi connectivity index (χ0n) is 9.59. The average Bonchev–Trinajstić information content (AvgIpc) is 2.84. The molecular formula is C12H17NO3. The highest BCUT2D eigenvalue weighted by molar-refractivity contribution is 5.71. The van der Waals surface area contributed by atoms with E-state index in [1.54, 1.807) is 12.5 Å². The highest BCUT2D eigenvalue weighted by atomic mass is 16.4. The van der Waals surface area contributed by atoms with Crippen molar-refractivity contribution in [2.45, 2.75) is 19.9 Å². The van der Waals surface area contributed by atoms with Gasteiger partial charge >= 0.3 is 5.97 Å². The van der Waals surface area contributed by atoms with Crippen molar-refractivity contribution in [3.05, 3.63) is 24.2 Å². The van der Waals surface area contributed by atoms with Crippen molar-refractivity contribution < 1.29 is 14.3 Å². The molecule has 1 N–H and O–H groups in total. The SMILES string of the molecule is CC1CN(C(C)c2ccoc2)CC1C(=O)O. The molecule has 1 fully saturated rings. The van der Waals surface area contributed by atoms with Crippen LogP contribution in [0.3, 0.4) is 0 Å². The van der Waals surface area contributed by atoms with Crippen LogP contribution in [0.1, 0.15) is 25.5 Å². The summed E-state index contributed by atoms with van der Waals surface area (Å²) in [5.74, 6) is -0.712. The number of hydrogen-bond donors (Lipinski definition) is 1. The van der Waals surface area contributed by atoms with Gasteiger partial charge in [0, 0.05) is 24.7 Å². The number of nitrogens with zero attached hydrogens (tertiary/aromatic N) is 1. The first-order valence-corrected chi connectivity index (χ1v) is 5.58. The van der Waals surface area contributed by atoms with Gasteiger partial charge in [0.05, 0.1) is 18.4 Å². The number of furan rings is 1. The lowest BCUT2D eigenvalue weighted by Gasteiger charge is -2.22. The highest BCUT2D eigenvalue weighted by Gasteiger charge is 2.36. The fourth-order valence-electron chi connectivity index (χ4n) is 2.37. The van der Waals surface area contributed by atoms with Gasteiger partial charge in [-0.05, 0) is 18.9 Å². The monoisotopic (exact) mass is 223 g/mol. The fraction of sp³-hybridized carbons (Fsp3) is 0.583. The van der Waals surface area contributed by atoms with Crippen molar-refractivity contribution in [1.29, 1.82) is 0 Å². The number of aliphatic carboxylic acids is 1. The first-order valence-electron chi connectivity index (χ1n) is 5.58. The Hall–Kier alpha value is -1.29. The Bertz CT molecular complexity index is 360. The molecule has 2 rings (SSSR count). The quantitative estimate of drug-likeness (QED) is 0.851. The van der Waals surface area contributed by atoms with E-state index in [0.717, 1.165) is 12.1 Å². The summed E-state index contributed by atoms with van der Waals surface area (Å²) in [5, 5.41) is 9.07. The Morgan fingerprint density at radius 2 is 2.38 bits per heavy atom. The lowest BCUT2D eigenvalue weighted by Crippen LogP contribution is -2.26. The Balaban J connectivity index is 2.05. The Labute approximate surface area is 94.9 Å². The average molecular weight is 223 g/mol. The summed E-state index contributed by atoms with van der Waals surface area (Å²) >= 11 is 0. The second-order valence-corrected chi connectivity index (χ2v) is 4.61. The van der Waals surface area contributed by atoms with Crippen LogP contribution >= 0.6 is 0 Å². The molecular weight excluding hydrogens is 206 g/mol. The topological polar surface area (TPSA) is 53.7 Å². The van der Waals surface area contributed by atoms with Crippen molar-refractivity contribution >= 4 is 5.97 Å². The molecule has 16 heavy (non-hydrogen) atoms. The van der Waals surface area contributed by atoms with Crippen molar-refractivity contribution in [3.63, 3.8) is 0 Å². The summed E-state index contributed by atoms with van der Waals surface area (Å²) in [6.45, 7) is 5.55. The minimum absolute atomic E-state index is 0.215. The molecule has 3 unspecified atom stereocenters. The van der Waals surface area contributed by atoms with Crippen LogP contribution in [0.15, 0.2) is 23.0 Å². The van der Waals surface area contributed by atoms with E-state index in [9.17, 15) is 4.79 Å². The van der Waals surface area contributed by atoms with E-state index in [1.807, 2.05) is 13.0 Å². The van der Waals surface area contributed by atoms with E-state index in [1.165, 1.54) is 0 Å². The molecule has 3 atom stereocenters. The third-order valence-corrected chi connectivity index (χ3v) is 3.53. The maximum absolute atomic E-state index is 11.0. The molecule has 1 aliphatic heterocycles. The van der Waals surface area contributed by atoms with Crippen molar-refractivity contribution in [2.75, 3.05) is 13.1 Å². The van der Waals surface area contributed by atoms with Gasteiger partial charge in [0.1, 0.15) is 0 Å². The van der Waals surface area contributed by atoms with E-state index in [2.05, 4.69) is 11.8 Å². The summed E-state index contributed by atoms with van der Waals surface area (Å²) in [6.07, 6.45) is 3.38. The molecule has 0 radical (unpaired) electrons. The Morgan fingerprint density at radius 1 is 1.62 bits per heavy atom. The van der Waals surface area contributed by atoms with Crippen molar-refractivity contribution in [1.82, 2.24) is 4.90 Å². The van der Waals surface area contributed by atoms with E-state index >= 15 is 0 Å². The molecule has 4 nitrogen and oxygen atoms in total. The van der Waals surface area contributed by atoms with E-state index in [4.69, 9.17) is 9.52 Å². The van der Waals surface area contributed by atoms with Crippen LogP contribution in [-0.4, -0.2) is 29.1 Å². The number of carboxylic acid groups (broad SMARTS) is 1. The van der Waals surface area contributed by atoms with Gasteiger partial charge in [-0.2, -0.15) is 0 Å². The molecule has 0 bridgehead atoms. The maximum atomic E-state index is 11.0. The lowest BCUT2D eigenvalue weighted by molar-refractivity contribution is -0.142. The number of carbonyl (C=O) groups is 1. The largest absolute Gasteiger partial charge is 0.481 e. The van der Waals surface area contributed by atoms with Crippen LogP contribution in [-0.2, 0) is 4.79 Å². The molecule has 0 aromatic carbocycles. The van der Waals surface area contributed by atoms with Gasteiger partial charge in [0.15, 0.2) is 0 Å². The molecule has 0 amide bonds. The minimum Gasteiger partial charge on any atom is -0.481 e. The van der Waals surface area contributed by atoms with E-state index in [0.29, 0.717) is 6.54 Å². The standard InChI is InChI=1S/C12H17NO3/c1-8-5-13(6-11(8)12(14)15)9(2)10-3-4-16-7-10/h3-4,7-9,11H,5-6H2,1-2H3,(H,14,15). The third kappa shape index (κ3) is 1.97. The molecule has 1 aliphatic rings. The number of carboxylic acids is 1. The Morgan fingerprint density at radius 3 is 2.88 bits per heavy atom. The van der Waals surface area contributed by atoms with Gasteiger partial charge in [-0.25, -0.2) is 0 Å². The smallest absolute Gasteiger partial charge is 0.308 e. The maximum Gasteiger partial charge on any atom is 0.308 e. The molecule has 0 spiro atoms. The van der Waals surface area contributed by atoms with Crippen LogP contribution in [0.25, 0.3) is 0 Å². The molecule has 4 heteroatoms. The zero-order chi connectivity index (χ0) is 11.7. The Kier molecular flexibility index (Phi) is 3.01. The molecule has 2 heterocycles. The van der Waals surface area contributed by atoms with Gasteiger partial charge in [0.25, 0.3) is 0 Å². The van der Waals surface area contributed by atoms with Crippen LogP contribution < -0.4 is 0 Å². The summed E-state index contributed by atoms with van der Waals surface area (Å²) < 4.78 is 5.05. The van der Waals surface area contributed by atoms with Crippen LogP contribution in [0.2, 0.25) is 0 Å². The summed E-state index contributed by atoms with van der Waals surface area (Å²) in [4.78, 5) is 13.2. The molecule has 88 valence electrons. The molecule has 1 aromatic heterocycles. The number of hydrogen-bond acceptors (Lipinski definition) is 3. The minimum atomic E-state index is -0.686. The zero-order valence-corrected chi connectivity index (χ0v) is 9.59. The van der Waals surface area contributed by atoms with Gasteiger partial charge in [-0.15, -0.1) is 0 Å². The second kappa shape index (κ2) is 4.29. The first kappa shape index (κ1) is 11.2. The lowest BCUT2D eigenvalue weighted by atomic mass is 9.99. The molecule has 0 aliphatic carbocycles. The van der Waals surface area contributed by atoms with Gasteiger partial charge in [0.2, 0.25) is 0 Å². The normalized spacial score (nSPS) is 28.1. The van der Waals surface area contributed by atoms with Crippen LogP contribution in [0.5, 0.6) is 0 Å². The van der Waals surface area contributed by atoms with E-state index < -0.39 is 5.97 Å². The first-order chi connectivity index (χ1) is 7.59. The van der Waals surface area contributed by atoms with Gasteiger partial charge in [-0.3, -0.25) is 9.69 Å². The molecule has 1 aromatic rings. The summed E-state index contributed by atoms with van der Waals surface area (Å²) in [6, 6.07) is 2.16. The highest BCUT2D eigenvalue weighted by Crippen LogP contribution is 2.30. The van der Waals surface area contributed by atoms with Crippen molar-refractivity contribution in [2.24, 2.45) is 11.8 Å². The van der Waals surface area contributed by atoms with Crippen LogP contribution in [0.4, 0.5) is 0 Å².